The SMILES string of the molecule is C=CC(=O)N1CCN(C(=O)Cc2ccc(C)c(F)c2)CC1. The smallest absolute Gasteiger partial charge is 0.246 e. The third kappa shape index (κ3) is 3.68. The van der Waals surface area contributed by atoms with E-state index >= 15 is 0 Å². The monoisotopic (exact) mass is 290 g/mol. The molecular weight excluding hydrogens is 271 g/mol. The van der Waals surface area contributed by atoms with Crippen LogP contribution in [-0.4, -0.2) is 47.8 Å². The van der Waals surface area contributed by atoms with Crippen LogP contribution in [0.15, 0.2) is 30.9 Å². The van der Waals surface area contributed by atoms with Gasteiger partial charge in [-0.2, -0.15) is 0 Å². The summed E-state index contributed by atoms with van der Waals surface area (Å²) in [5.74, 6) is -0.437. The van der Waals surface area contributed by atoms with Gasteiger partial charge in [-0.25, -0.2) is 4.39 Å². The summed E-state index contributed by atoms with van der Waals surface area (Å²) in [6.45, 7) is 7.18. The van der Waals surface area contributed by atoms with E-state index in [4.69, 9.17) is 0 Å². The van der Waals surface area contributed by atoms with E-state index in [-0.39, 0.29) is 24.1 Å². The average molecular weight is 290 g/mol. The van der Waals surface area contributed by atoms with Crippen LogP contribution in [0.5, 0.6) is 0 Å². The van der Waals surface area contributed by atoms with E-state index < -0.39 is 0 Å². The molecule has 0 unspecified atom stereocenters. The molecule has 0 N–H and O–H groups in total. The van der Waals surface area contributed by atoms with E-state index in [2.05, 4.69) is 6.58 Å². The van der Waals surface area contributed by atoms with Crippen LogP contribution in [0.2, 0.25) is 0 Å². The predicted octanol–water partition coefficient (Wildman–Crippen LogP) is 1.53. The van der Waals surface area contributed by atoms with Crippen molar-refractivity contribution >= 4 is 11.8 Å². The first-order chi connectivity index (χ1) is 10.0. The molecule has 1 aliphatic heterocycles. The van der Waals surface area contributed by atoms with E-state index in [0.29, 0.717) is 37.3 Å². The van der Waals surface area contributed by atoms with Crippen molar-refractivity contribution in [2.45, 2.75) is 13.3 Å². The second-order valence-electron chi connectivity index (χ2n) is 5.17. The van der Waals surface area contributed by atoms with Crippen LogP contribution in [0.3, 0.4) is 0 Å². The van der Waals surface area contributed by atoms with Gasteiger partial charge in [0.2, 0.25) is 11.8 Å². The lowest BCUT2D eigenvalue weighted by Crippen LogP contribution is -2.50. The highest BCUT2D eigenvalue weighted by atomic mass is 19.1. The number of nitrogens with zero attached hydrogens (tertiary/aromatic N) is 2. The number of halogens is 1. The molecule has 0 aliphatic carbocycles. The minimum atomic E-state index is -0.290. The number of carbonyl (C=O) groups excluding carboxylic acids is 2. The number of rotatable bonds is 3. The van der Waals surface area contributed by atoms with E-state index in [1.54, 1.807) is 28.9 Å². The highest BCUT2D eigenvalue weighted by Crippen LogP contribution is 2.12. The number of hydrogen-bond acceptors (Lipinski definition) is 2. The van der Waals surface area contributed by atoms with Crippen LogP contribution >= 0.6 is 0 Å². The fraction of sp³-hybridized carbons (Fsp3) is 0.375. The molecule has 0 radical (unpaired) electrons. The van der Waals surface area contributed by atoms with Gasteiger partial charge in [-0.1, -0.05) is 18.7 Å². The molecular formula is C16H19FN2O2. The van der Waals surface area contributed by atoms with Crippen molar-refractivity contribution in [1.82, 2.24) is 9.80 Å². The normalized spacial score (nSPS) is 15.0. The number of aryl methyl sites for hydroxylation is 1. The number of carbonyl (C=O) groups is 2. The maximum absolute atomic E-state index is 13.5. The van der Waals surface area contributed by atoms with Crippen LogP contribution in [0.1, 0.15) is 11.1 Å². The first kappa shape index (κ1) is 15.2. The number of amides is 2. The zero-order valence-electron chi connectivity index (χ0n) is 12.1. The summed E-state index contributed by atoms with van der Waals surface area (Å²) >= 11 is 0. The Hall–Kier alpha value is -2.17. The zero-order valence-corrected chi connectivity index (χ0v) is 12.1. The highest BCUT2D eigenvalue weighted by molar-refractivity contribution is 5.87. The summed E-state index contributed by atoms with van der Waals surface area (Å²) in [5.41, 5.74) is 1.25. The molecule has 1 aliphatic rings. The molecule has 5 heteroatoms. The van der Waals surface area contributed by atoms with Crippen LogP contribution in [0, 0.1) is 12.7 Å². The van der Waals surface area contributed by atoms with Gasteiger partial charge in [0.15, 0.2) is 0 Å². The van der Waals surface area contributed by atoms with Crippen LogP contribution in [0.4, 0.5) is 4.39 Å². The topological polar surface area (TPSA) is 40.6 Å². The minimum Gasteiger partial charge on any atom is -0.339 e. The Kier molecular flexibility index (Phi) is 4.73. The van der Waals surface area contributed by atoms with E-state index in [0.717, 1.165) is 0 Å². The summed E-state index contributed by atoms with van der Waals surface area (Å²) in [4.78, 5) is 27.0. The standard InChI is InChI=1S/C16H19FN2O2/c1-3-15(20)18-6-8-19(9-7-18)16(21)11-13-5-4-12(2)14(17)10-13/h3-5,10H,1,6-9,11H2,2H3. The molecule has 112 valence electrons. The van der Waals surface area contributed by atoms with Crippen LogP contribution in [-0.2, 0) is 16.0 Å². The van der Waals surface area contributed by atoms with E-state index in [9.17, 15) is 14.0 Å². The molecule has 1 fully saturated rings. The molecule has 1 heterocycles. The van der Waals surface area contributed by atoms with Gasteiger partial charge in [-0.3, -0.25) is 9.59 Å². The molecule has 0 atom stereocenters. The highest BCUT2D eigenvalue weighted by Gasteiger charge is 2.22. The molecule has 0 saturated carbocycles. The Bertz CT molecular complexity index is 563. The summed E-state index contributed by atoms with van der Waals surface area (Å²) < 4.78 is 13.5. The Morgan fingerprint density at radius 2 is 1.86 bits per heavy atom. The fourth-order valence-electron chi connectivity index (χ4n) is 2.34. The van der Waals surface area contributed by atoms with Crippen LogP contribution in [0.25, 0.3) is 0 Å². The Balaban J connectivity index is 1.91. The second-order valence-corrected chi connectivity index (χ2v) is 5.17. The molecule has 1 aromatic carbocycles. The molecule has 1 saturated heterocycles. The first-order valence-corrected chi connectivity index (χ1v) is 6.95. The summed E-state index contributed by atoms with van der Waals surface area (Å²) in [6, 6.07) is 4.86. The summed E-state index contributed by atoms with van der Waals surface area (Å²) in [5, 5.41) is 0. The lowest BCUT2D eigenvalue weighted by atomic mass is 10.1. The molecule has 2 amide bonds. The predicted molar refractivity (Wildman–Crippen MR) is 78.2 cm³/mol. The first-order valence-electron chi connectivity index (χ1n) is 6.95. The Morgan fingerprint density at radius 3 is 2.43 bits per heavy atom. The van der Waals surface area contributed by atoms with E-state index in [1.807, 2.05) is 0 Å². The molecule has 0 aromatic heterocycles. The van der Waals surface area contributed by atoms with E-state index in [1.165, 1.54) is 12.1 Å². The van der Waals surface area contributed by atoms with Gasteiger partial charge < -0.3 is 9.80 Å². The minimum absolute atomic E-state index is 0.0380. The third-order valence-electron chi connectivity index (χ3n) is 3.71. The van der Waals surface area contributed by atoms with Gasteiger partial charge in [0.25, 0.3) is 0 Å². The maximum atomic E-state index is 13.5. The Labute approximate surface area is 123 Å². The van der Waals surface area contributed by atoms with Crippen molar-refractivity contribution in [2.24, 2.45) is 0 Å². The lowest BCUT2D eigenvalue weighted by molar-refractivity contribution is -0.136. The van der Waals surface area contributed by atoms with Crippen molar-refractivity contribution in [3.63, 3.8) is 0 Å². The molecule has 0 bridgehead atoms. The van der Waals surface area contributed by atoms with Crippen molar-refractivity contribution in [3.05, 3.63) is 47.8 Å². The van der Waals surface area contributed by atoms with Gasteiger partial charge in [0.05, 0.1) is 6.42 Å². The molecule has 21 heavy (non-hydrogen) atoms. The lowest BCUT2D eigenvalue weighted by Gasteiger charge is -2.34. The molecule has 0 spiro atoms. The summed E-state index contributed by atoms with van der Waals surface area (Å²) in [6.07, 6.45) is 1.47. The third-order valence-corrected chi connectivity index (χ3v) is 3.71. The quantitative estimate of drug-likeness (QED) is 0.792. The molecule has 2 rings (SSSR count). The summed E-state index contributed by atoms with van der Waals surface area (Å²) in [7, 11) is 0. The van der Waals surface area contributed by atoms with Crippen molar-refractivity contribution in [1.29, 1.82) is 0 Å². The van der Waals surface area contributed by atoms with Gasteiger partial charge in [0, 0.05) is 26.2 Å². The maximum Gasteiger partial charge on any atom is 0.246 e. The van der Waals surface area contributed by atoms with Gasteiger partial charge in [-0.05, 0) is 30.2 Å². The zero-order chi connectivity index (χ0) is 15.4. The van der Waals surface area contributed by atoms with Gasteiger partial charge in [0.1, 0.15) is 5.82 Å². The fourth-order valence-corrected chi connectivity index (χ4v) is 2.34. The number of benzene rings is 1. The largest absolute Gasteiger partial charge is 0.339 e. The van der Waals surface area contributed by atoms with Crippen molar-refractivity contribution in [2.75, 3.05) is 26.2 Å². The molecule has 1 aromatic rings. The average Bonchev–Trinajstić information content (AvgIpc) is 2.50. The Morgan fingerprint density at radius 1 is 1.24 bits per heavy atom. The second kappa shape index (κ2) is 6.52. The number of piperazine rings is 1. The van der Waals surface area contributed by atoms with Crippen LogP contribution < -0.4 is 0 Å². The van der Waals surface area contributed by atoms with Gasteiger partial charge >= 0.3 is 0 Å². The molecule has 4 nitrogen and oxygen atoms in total. The number of hydrogen-bond donors (Lipinski definition) is 0. The van der Waals surface area contributed by atoms with Crippen molar-refractivity contribution in [3.8, 4) is 0 Å². The van der Waals surface area contributed by atoms with Gasteiger partial charge in [-0.15, -0.1) is 0 Å². The van der Waals surface area contributed by atoms with Crippen molar-refractivity contribution < 1.29 is 14.0 Å².